The van der Waals surface area contributed by atoms with Crippen molar-refractivity contribution in [2.24, 2.45) is 0 Å². The zero-order valence-corrected chi connectivity index (χ0v) is 12.9. The number of aromatic nitrogens is 1. The predicted octanol–water partition coefficient (Wildman–Crippen LogP) is 2.30. The molecule has 1 fully saturated rings. The van der Waals surface area contributed by atoms with Gasteiger partial charge in [-0.25, -0.2) is 4.98 Å². The zero-order chi connectivity index (χ0) is 15.1. The van der Waals surface area contributed by atoms with Crippen LogP contribution in [0.2, 0.25) is 5.15 Å². The molecular formula is C15H22ClN3O2. The molecule has 0 unspecified atom stereocenters. The quantitative estimate of drug-likeness (QED) is 0.791. The largest absolute Gasteiger partial charge is 0.395 e. The number of nitrogens with one attached hydrogen (secondary N) is 1. The van der Waals surface area contributed by atoms with Gasteiger partial charge in [0.05, 0.1) is 18.8 Å². The van der Waals surface area contributed by atoms with E-state index in [2.05, 4.69) is 15.2 Å². The van der Waals surface area contributed by atoms with E-state index in [1.54, 1.807) is 18.3 Å². The standard InChI is InChI=1S/C15H22ClN3O2/c16-15-13(7-4-8-17-15)18-14(21)11-19(9-10-20)12-5-2-1-3-6-12/h4,7-8,12,20H,1-3,5-6,9-11H2,(H,18,21). The van der Waals surface area contributed by atoms with E-state index in [1.807, 2.05) is 0 Å². The fourth-order valence-electron chi connectivity index (χ4n) is 2.82. The molecule has 0 aliphatic heterocycles. The molecular weight excluding hydrogens is 290 g/mol. The average Bonchev–Trinajstić information content (AvgIpc) is 2.50. The Labute approximate surface area is 130 Å². The molecule has 0 atom stereocenters. The van der Waals surface area contributed by atoms with Crippen LogP contribution in [0.3, 0.4) is 0 Å². The molecule has 5 nitrogen and oxygen atoms in total. The van der Waals surface area contributed by atoms with Crippen LogP contribution in [0.5, 0.6) is 0 Å². The Morgan fingerprint density at radius 3 is 2.86 bits per heavy atom. The highest BCUT2D eigenvalue weighted by Gasteiger charge is 2.22. The molecule has 0 bridgehead atoms. The van der Waals surface area contributed by atoms with E-state index in [0.29, 0.717) is 18.3 Å². The molecule has 0 spiro atoms. The van der Waals surface area contributed by atoms with Crippen molar-refractivity contribution in [2.75, 3.05) is 25.0 Å². The maximum absolute atomic E-state index is 12.2. The second kappa shape index (κ2) is 8.32. The molecule has 1 aliphatic rings. The number of hydrogen-bond donors (Lipinski definition) is 2. The summed E-state index contributed by atoms with van der Waals surface area (Å²) in [6.45, 7) is 0.868. The van der Waals surface area contributed by atoms with Crippen LogP contribution in [0, 0.1) is 0 Å². The van der Waals surface area contributed by atoms with E-state index in [1.165, 1.54) is 19.3 Å². The lowest BCUT2D eigenvalue weighted by atomic mass is 9.94. The average molecular weight is 312 g/mol. The van der Waals surface area contributed by atoms with Gasteiger partial charge in [0.15, 0.2) is 5.15 Å². The molecule has 21 heavy (non-hydrogen) atoms. The van der Waals surface area contributed by atoms with E-state index in [0.717, 1.165) is 12.8 Å². The summed E-state index contributed by atoms with van der Waals surface area (Å²) in [6, 6.07) is 3.85. The minimum Gasteiger partial charge on any atom is -0.395 e. The summed E-state index contributed by atoms with van der Waals surface area (Å²) in [7, 11) is 0. The molecule has 1 aromatic heterocycles. The number of carbonyl (C=O) groups is 1. The number of hydrogen-bond acceptors (Lipinski definition) is 4. The van der Waals surface area contributed by atoms with Crippen LogP contribution < -0.4 is 5.32 Å². The van der Waals surface area contributed by atoms with Crippen LogP contribution >= 0.6 is 11.6 Å². The van der Waals surface area contributed by atoms with Crippen molar-refractivity contribution in [3.63, 3.8) is 0 Å². The van der Waals surface area contributed by atoms with Crippen molar-refractivity contribution in [1.29, 1.82) is 0 Å². The molecule has 1 aromatic rings. The number of anilines is 1. The van der Waals surface area contributed by atoms with Gasteiger partial charge in [0.2, 0.25) is 5.91 Å². The first kappa shape index (κ1) is 16.2. The maximum Gasteiger partial charge on any atom is 0.238 e. The van der Waals surface area contributed by atoms with Crippen molar-refractivity contribution in [1.82, 2.24) is 9.88 Å². The lowest BCUT2D eigenvalue weighted by Gasteiger charge is -2.33. The van der Waals surface area contributed by atoms with Gasteiger partial charge in [0.1, 0.15) is 0 Å². The number of amides is 1. The topological polar surface area (TPSA) is 65.5 Å². The lowest BCUT2D eigenvalue weighted by Crippen LogP contribution is -2.43. The molecule has 1 saturated carbocycles. The summed E-state index contributed by atoms with van der Waals surface area (Å²) in [5.74, 6) is -0.121. The molecule has 0 saturated heterocycles. The Kier molecular flexibility index (Phi) is 6.42. The van der Waals surface area contributed by atoms with Crippen molar-refractivity contribution >= 4 is 23.2 Å². The molecule has 2 rings (SSSR count). The molecule has 116 valence electrons. The van der Waals surface area contributed by atoms with Crippen LogP contribution in [-0.2, 0) is 4.79 Å². The van der Waals surface area contributed by atoms with Gasteiger partial charge in [-0.3, -0.25) is 9.69 Å². The van der Waals surface area contributed by atoms with E-state index < -0.39 is 0 Å². The predicted molar refractivity (Wildman–Crippen MR) is 83.4 cm³/mol. The molecule has 0 aromatic carbocycles. The summed E-state index contributed by atoms with van der Waals surface area (Å²) in [4.78, 5) is 18.2. The molecule has 1 aliphatic carbocycles. The van der Waals surface area contributed by atoms with Crippen LogP contribution in [0.15, 0.2) is 18.3 Å². The first-order chi connectivity index (χ1) is 10.2. The van der Waals surface area contributed by atoms with E-state index in [4.69, 9.17) is 11.6 Å². The van der Waals surface area contributed by atoms with Crippen LogP contribution in [-0.4, -0.2) is 46.6 Å². The third-order valence-corrected chi connectivity index (χ3v) is 4.16. The monoisotopic (exact) mass is 311 g/mol. The fraction of sp³-hybridized carbons (Fsp3) is 0.600. The van der Waals surface area contributed by atoms with E-state index in [-0.39, 0.29) is 24.2 Å². The third-order valence-electron chi connectivity index (χ3n) is 3.86. The Hall–Kier alpha value is -1.17. The Morgan fingerprint density at radius 2 is 2.19 bits per heavy atom. The highest BCUT2D eigenvalue weighted by molar-refractivity contribution is 6.32. The van der Waals surface area contributed by atoms with Crippen LogP contribution in [0.25, 0.3) is 0 Å². The van der Waals surface area contributed by atoms with Gasteiger partial charge in [-0.2, -0.15) is 0 Å². The first-order valence-corrected chi connectivity index (χ1v) is 7.84. The van der Waals surface area contributed by atoms with Crippen molar-refractivity contribution in [2.45, 2.75) is 38.1 Å². The van der Waals surface area contributed by atoms with Crippen molar-refractivity contribution < 1.29 is 9.90 Å². The molecule has 0 radical (unpaired) electrons. The third kappa shape index (κ3) is 4.95. The number of nitrogens with zero attached hydrogens (tertiary/aromatic N) is 2. The number of rotatable bonds is 6. The summed E-state index contributed by atoms with van der Waals surface area (Å²) >= 11 is 5.94. The maximum atomic E-state index is 12.2. The SMILES string of the molecule is O=C(CN(CCO)C1CCCCC1)Nc1cccnc1Cl. The minimum absolute atomic E-state index is 0.0669. The Balaban J connectivity index is 1.93. The molecule has 2 N–H and O–H groups in total. The molecule has 6 heteroatoms. The van der Waals surface area contributed by atoms with E-state index >= 15 is 0 Å². The van der Waals surface area contributed by atoms with Gasteiger partial charge < -0.3 is 10.4 Å². The van der Waals surface area contributed by atoms with Gasteiger partial charge in [-0.1, -0.05) is 30.9 Å². The van der Waals surface area contributed by atoms with Gasteiger partial charge in [-0.15, -0.1) is 0 Å². The normalized spacial score (nSPS) is 16.1. The van der Waals surface area contributed by atoms with Crippen LogP contribution in [0.4, 0.5) is 5.69 Å². The van der Waals surface area contributed by atoms with Crippen molar-refractivity contribution in [3.05, 3.63) is 23.5 Å². The minimum atomic E-state index is -0.121. The first-order valence-electron chi connectivity index (χ1n) is 7.46. The summed E-state index contributed by atoms with van der Waals surface area (Å²) in [5, 5.41) is 12.3. The Bertz CT molecular complexity index is 464. The highest BCUT2D eigenvalue weighted by atomic mass is 35.5. The second-order valence-electron chi connectivity index (χ2n) is 5.38. The molecule has 1 amide bonds. The molecule has 1 heterocycles. The number of halogens is 1. The second-order valence-corrected chi connectivity index (χ2v) is 5.73. The van der Waals surface area contributed by atoms with Gasteiger partial charge in [0.25, 0.3) is 0 Å². The van der Waals surface area contributed by atoms with Crippen molar-refractivity contribution in [3.8, 4) is 0 Å². The number of carbonyl (C=O) groups excluding carboxylic acids is 1. The summed E-state index contributed by atoms with van der Waals surface area (Å²) in [6.07, 6.45) is 7.44. The van der Waals surface area contributed by atoms with Gasteiger partial charge in [0, 0.05) is 18.8 Å². The highest BCUT2D eigenvalue weighted by Crippen LogP contribution is 2.23. The Morgan fingerprint density at radius 1 is 1.43 bits per heavy atom. The lowest BCUT2D eigenvalue weighted by molar-refractivity contribution is -0.118. The van der Waals surface area contributed by atoms with E-state index in [9.17, 15) is 9.90 Å². The number of aliphatic hydroxyl groups excluding tert-OH is 1. The number of aliphatic hydroxyl groups is 1. The van der Waals surface area contributed by atoms with Gasteiger partial charge >= 0.3 is 0 Å². The van der Waals surface area contributed by atoms with Crippen LogP contribution in [0.1, 0.15) is 32.1 Å². The number of pyridine rings is 1. The van der Waals surface area contributed by atoms with Gasteiger partial charge in [-0.05, 0) is 25.0 Å². The summed E-state index contributed by atoms with van der Waals surface area (Å²) in [5.41, 5.74) is 0.525. The fourth-order valence-corrected chi connectivity index (χ4v) is 2.99. The summed E-state index contributed by atoms with van der Waals surface area (Å²) < 4.78 is 0. The zero-order valence-electron chi connectivity index (χ0n) is 12.1. The smallest absolute Gasteiger partial charge is 0.238 e.